The van der Waals surface area contributed by atoms with Crippen molar-refractivity contribution in [2.24, 2.45) is 0 Å². The summed E-state index contributed by atoms with van der Waals surface area (Å²) in [4.78, 5) is 16.0. The topological polar surface area (TPSA) is 50.2 Å². The molecule has 1 heterocycles. The molecule has 3 nitrogen and oxygen atoms in total. The molecule has 0 aliphatic rings. The number of rotatable bonds is 4. The molecule has 3 aromatic rings. The molecule has 0 radical (unpaired) electrons. The summed E-state index contributed by atoms with van der Waals surface area (Å²) in [6.45, 7) is 1.92. The molecule has 0 saturated carbocycles. The van der Waals surface area contributed by atoms with Crippen molar-refractivity contribution < 1.29 is 14.3 Å². The first kappa shape index (κ1) is 16.6. The van der Waals surface area contributed by atoms with Gasteiger partial charge in [-0.05, 0) is 36.2 Å². The van der Waals surface area contributed by atoms with Crippen LogP contribution in [-0.2, 0) is 11.2 Å². The van der Waals surface area contributed by atoms with Crippen molar-refractivity contribution in [3.8, 4) is 11.3 Å². The Morgan fingerprint density at radius 3 is 2.67 bits per heavy atom. The molecule has 0 spiro atoms. The Hall–Kier alpha value is -2.27. The maximum Gasteiger partial charge on any atom is 0.307 e. The van der Waals surface area contributed by atoms with Crippen LogP contribution in [0, 0.1) is 5.82 Å². The number of hydrogen-bond donors (Lipinski definition) is 1. The molecule has 5 heteroatoms. The lowest BCUT2D eigenvalue weighted by Gasteiger charge is -2.18. The lowest BCUT2D eigenvalue weighted by Crippen LogP contribution is -2.08. The summed E-state index contributed by atoms with van der Waals surface area (Å²) in [6.07, 6.45) is -0.114. The molecule has 0 aliphatic heterocycles. The first-order chi connectivity index (χ1) is 11.5. The van der Waals surface area contributed by atoms with Crippen LogP contribution in [0.4, 0.5) is 4.39 Å². The zero-order chi connectivity index (χ0) is 17.3. The summed E-state index contributed by atoms with van der Waals surface area (Å²) in [5.41, 5.74) is 3.42. The third-order valence-electron chi connectivity index (χ3n) is 3.87. The van der Waals surface area contributed by atoms with Gasteiger partial charge in [0.25, 0.3) is 0 Å². The van der Waals surface area contributed by atoms with Crippen molar-refractivity contribution in [2.45, 2.75) is 18.2 Å². The second kappa shape index (κ2) is 6.69. The van der Waals surface area contributed by atoms with Crippen LogP contribution in [0.5, 0.6) is 0 Å². The standard InChI is InChI=1S/C19H15BrFNO2/c1-11(20)18-15(10-17(23)24)14-7-2-3-8-16(14)22-19(18)12-5-4-6-13(21)9-12/h2-9,11H,10H2,1H3,(H,23,24). The van der Waals surface area contributed by atoms with Gasteiger partial charge >= 0.3 is 5.97 Å². The molecule has 1 aromatic heterocycles. The Kier molecular flexibility index (Phi) is 4.62. The fourth-order valence-corrected chi connectivity index (χ4v) is 3.41. The molecule has 122 valence electrons. The molecule has 0 saturated heterocycles. The van der Waals surface area contributed by atoms with Crippen LogP contribution in [0.15, 0.2) is 48.5 Å². The van der Waals surface area contributed by atoms with Gasteiger partial charge in [-0.2, -0.15) is 0 Å². The van der Waals surface area contributed by atoms with E-state index in [1.165, 1.54) is 12.1 Å². The van der Waals surface area contributed by atoms with Gasteiger partial charge < -0.3 is 5.11 Å². The number of aliphatic carboxylic acids is 1. The van der Waals surface area contributed by atoms with E-state index >= 15 is 0 Å². The van der Waals surface area contributed by atoms with Gasteiger partial charge in [0.05, 0.1) is 17.6 Å². The Morgan fingerprint density at radius 1 is 1.25 bits per heavy atom. The van der Waals surface area contributed by atoms with E-state index in [1.807, 2.05) is 31.2 Å². The summed E-state index contributed by atoms with van der Waals surface area (Å²) in [5.74, 6) is -1.26. The number of carboxylic acid groups (broad SMARTS) is 1. The van der Waals surface area contributed by atoms with Crippen LogP contribution >= 0.6 is 15.9 Å². The van der Waals surface area contributed by atoms with Gasteiger partial charge in [0.15, 0.2) is 0 Å². The minimum Gasteiger partial charge on any atom is -0.481 e. The molecule has 0 amide bonds. The lowest BCUT2D eigenvalue weighted by atomic mass is 9.93. The number of halogens is 2. The van der Waals surface area contributed by atoms with Crippen molar-refractivity contribution in [3.05, 3.63) is 65.5 Å². The van der Waals surface area contributed by atoms with E-state index < -0.39 is 5.97 Å². The Bertz CT molecular complexity index is 924. The molecular formula is C19H15BrFNO2. The van der Waals surface area contributed by atoms with E-state index in [0.29, 0.717) is 22.3 Å². The Balaban J connectivity index is 2.40. The van der Waals surface area contributed by atoms with E-state index in [4.69, 9.17) is 0 Å². The number of fused-ring (bicyclic) bond motifs is 1. The summed E-state index contributed by atoms with van der Waals surface area (Å²) >= 11 is 3.55. The molecule has 2 aromatic carbocycles. The molecule has 1 atom stereocenters. The molecule has 0 aliphatic carbocycles. The van der Waals surface area contributed by atoms with Gasteiger partial charge in [-0.1, -0.05) is 46.3 Å². The first-order valence-electron chi connectivity index (χ1n) is 7.50. The minimum atomic E-state index is -0.911. The Labute approximate surface area is 147 Å². The zero-order valence-electron chi connectivity index (χ0n) is 13.0. The van der Waals surface area contributed by atoms with Gasteiger partial charge in [-0.15, -0.1) is 0 Å². The van der Waals surface area contributed by atoms with E-state index in [2.05, 4.69) is 20.9 Å². The highest BCUT2D eigenvalue weighted by atomic mass is 79.9. The predicted octanol–water partition coefficient (Wildman–Crippen LogP) is 5.12. The molecule has 0 fully saturated rings. The number of carbonyl (C=O) groups is 1. The van der Waals surface area contributed by atoms with Crippen molar-refractivity contribution in [1.29, 1.82) is 0 Å². The van der Waals surface area contributed by atoms with Gasteiger partial charge in [-0.25, -0.2) is 9.37 Å². The van der Waals surface area contributed by atoms with Gasteiger partial charge in [0.2, 0.25) is 0 Å². The highest BCUT2D eigenvalue weighted by molar-refractivity contribution is 9.09. The maximum absolute atomic E-state index is 13.7. The average molecular weight is 388 g/mol. The normalized spacial score (nSPS) is 12.3. The monoisotopic (exact) mass is 387 g/mol. The van der Waals surface area contributed by atoms with Crippen LogP contribution in [-0.4, -0.2) is 16.1 Å². The van der Waals surface area contributed by atoms with E-state index in [9.17, 15) is 14.3 Å². The highest BCUT2D eigenvalue weighted by Gasteiger charge is 2.21. The summed E-state index contributed by atoms with van der Waals surface area (Å²) < 4.78 is 13.7. The summed E-state index contributed by atoms with van der Waals surface area (Å²) in [6, 6.07) is 13.6. The number of para-hydroxylation sites is 1. The molecular weight excluding hydrogens is 373 g/mol. The Morgan fingerprint density at radius 2 is 2.00 bits per heavy atom. The predicted molar refractivity (Wildman–Crippen MR) is 95.8 cm³/mol. The fourth-order valence-electron chi connectivity index (χ4n) is 2.92. The molecule has 0 bridgehead atoms. The van der Waals surface area contributed by atoms with Crippen molar-refractivity contribution >= 4 is 32.8 Å². The van der Waals surface area contributed by atoms with Crippen molar-refractivity contribution in [1.82, 2.24) is 4.98 Å². The highest BCUT2D eigenvalue weighted by Crippen LogP contribution is 2.37. The quantitative estimate of drug-likeness (QED) is 0.631. The van der Waals surface area contributed by atoms with Gasteiger partial charge in [-0.3, -0.25) is 4.79 Å². The average Bonchev–Trinajstić information content (AvgIpc) is 2.53. The number of benzene rings is 2. The van der Waals surface area contributed by atoms with E-state index in [0.717, 1.165) is 10.9 Å². The van der Waals surface area contributed by atoms with E-state index in [1.54, 1.807) is 12.1 Å². The van der Waals surface area contributed by atoms with E-state index in [-0.39, 0.29) is 17.1 Å². The fraction of sp³-hybridized carbons (Fsp3) is 0.158. The molecule has 3 rings (SSSR count). The molecule has 24 heavy (non-hydrogen) atoms. The lowest BCUT2D eigenvalue weighted by molar-refractivity contribution is -0.136. The van der Waals surface area contributed by atoms with Crippen LogP contribution in [0.2, 0.25) is 0 Å². The molecule has 1 unspecified atom stereocenters. The SMILES string of the molecule is CC(Br)c1c(-c2cccc(F)c2)nc2ccccc2c1CC(=O)O. The zero-order valence-corrected chi connectivity index (χ0v) is 14.5. The third kappa shape index (κ3) is 3.17. The second-order valence-corrected chi connectivity index (χ2v) is 6.94. The third-order valence-corrected chi connectivity index (χ3v) is 4.32. The smallest absolute Gasteiger partial charge is 0.307 e. The summed E-state index contributed by atoms with van der Waals surface area (Å²) in [5, 5.41) is 10.1. The minimum absolute atomic E-state index is 0.114. The van der Waals surface area contributed by atoms with Gasteiger partial charge in [0.1, 0.15) is 5.82 Å². The number of alkyl halides is 1. The number of aromatic nitrogens is 1. The number of pyridine rings is 1. The number of carboxylic acids is 1. The van der Waals surface area contributed by atoms with Crippen LogP contribution < -0.4 is 0 Å². The van der Waals surface area contributed by atoms with Crippen LogP contribution in [0.25, 0.3) is 22.2 Å². The summed E-state index contributed by atoms with van der Waals surface area (Å²) in [7, 11) is 0. The maximum atomic E-state index is 13.7. The number of nitrogens with zero attached hydrogens (tertiary/aromatic N) is 1. The first-order valence-corrected chi connectivity index (χ1v) is 8.42. The largest absolute Gasteiger partial charge is 0.481 e. The van der Waals surface area contributed by atoms with Gasteiger partial charge in [0, 0.05) is 15.8 Å². The molecule has 1 N–H and O–H groups in total. The van der Waals surface area contributed by atoms with Crippen molar-refractivity contribution in [2.75, 3.05) is 0 Å². The van der Waals surface area contributed by atoms with Crippen molar-refractivity contribution in [3.63, 3.8) is 0 Å². The van der Waals surface area contributed by atoms with Crippen LogP contribution in [0.3, 0.4) is 0 Å². The second-order valence-electron chi connectivity index (χ2n) is 5.57. The number of hydrogen-bond acceptors (Lipinski definition) is 2. The van der Waals surface area contributed by atoms with Crippen LogP contribution in [0.1, 0.15) is 22.9 Å².